The first-order valence-corrected chi connectivity index (χ1v) is 49.6. The van der Waals surface area contributed by atoms with E-state index in [1.54, 1.807) is 91.8 Å². The van der Waals surface area contributed by atoms with Crippen LogP contribution in [0.4, 0.5) is 4.79 Å². The second kappa shape index (κ2) is 62.5. The summed E-state index contributed by atoms with van der Waals surface area (Å²) in [5.74, 6) is -22.8. The lowest BCUT2D eigenvalue weighted by molar-refractivity contribution is -0.143. The number of primary amides is 4. The van der Waals surface area contributed by atoms with Crippen LogP contribution in [0.1, 0.15) is 222 Å². The number of aryl methyl sites for hydroxylation is 2. The molecule has 4 rings (SSSR count). The van der Waals surface area contributed by atoms with Gasteiger partial charge in [0.1, 0.15) is 97.2 Å². The fraction of sp³-hybridized carbons (Fsp3) is 0.604. The number of fused-ring (bicyclic) bond motifs is 3. The van der Waals surface area contributed by atoms with Gasteiger partial charge in [0.05, 0.1) is 13.1 Å². The molecular weight excluding hydrogens is 1940 g/mol. The Balaban J connectivity index is 1.72. The van der Waals surface area contributed by atoms with Gasteiger partial charge in [0.25, 0.3) is 11.5 Å². The molecule has 1 aliphatic carbocycles. The van der Waals surface area contributed by atoms with E-state index in [-0.39, 0.29) is 87.6 Å². The number of nitrogens with one attached hydrogen (secondary N) is 17. The van der Waals surface area contributed by atoms with Gasteiger partial charge < -0.3 is 129 Å². The minimum Gasteiger partial charge on any atom is -0.448 e. The summed E-state index contributed by atoms with van der Waals surface area (Å²) in [6, 6.07) is -9.14. The van der Waals surface area contributed by atoms with Crippen LogP contribution in [0.2, 0.25) is 0 Å². The van der Waals surface area contributed by atoms with Gasteiger partial charge >= 0.3 is 11.8 Å². The maximum absolute atomic E-state index is 16.2. The first kappa shape index (κ1) is 125. The number of unbranched alkanes of at least 4 members (excludes halogenated alkanes) is 2. The van der Waals surface area contributed by atoms with Crippen molar-refractivity contribution in [3.63, 3.8) is 0 Å². The van der Waals surface area contributed by atoms with E-state index < -0.39 is 327 Å². The topological polar surface area (TPSA) is 791 Å². The molecule has 2 aromatic carbocycles. The van der Waals surface area contributed by atoms with Crippen LogP contribution >= 0.6 is 12.6 Å². The van der Waals surface area contributed by atoms with Crippen molar-refractivity contribution in [2.24, 2.45) is 58.1 Å². The van der Waals surface area contributed by atoms with Crippen LogP contribution in [0, 0.1) is 30.6 Å². The number of nitrogens with zero attached hydrogens (tertiary/aromatic N) is 2. The molecule has 50 nitrogen and oxygen atoms in total. The molecule has 22 amide bonds. The van der Waals surface area contributed by atoms with E-state index in [0.29, 0.717) is 22.4 Å². The summed E-state index contributed by atoms with van der Waals surface area (Å²) in [5, 5.41) is 39.7. The monoisotopic (exact) mass is 2080 g/mol. The first-order chi connectivity index (χ1) is 69.1. The van der Waals surface area contributed by atoms with Gasteiger partial charge in [0, 0.05) is 56.2 Å². The average molecular weight is 2090 g/mol. The lowest BCUT2D eigenvalue weighted by Gasteiger charge is -2.34. The Morgan fingerprint density at radius 3 is 1.13 bits per heavy atom. The Morgan fingerprint density at radius 1 is 0.395 bits per heavy atom. The van der Waals surface area contributed by atoms with E-state index in [2.05, 4.69) is 103 Å². The zero-order valence-electron chi connectivity index (χ0n) is 85.7. The number of carbonyl (C=O) groups is 22. The number of imide groups is 1. The van der Waals surface area contributed by atoms with Gasteiger partial charge in [-0.15, -0.1) is 0 Å². The molecule has 51 heteroatoms. The fourth-order valence-electron chi connectivity index (χ4n) is 15.7. The molecule has 3 aromatic rings. The summed E-state index contributed by atoms with van der Waals surface area (Å²) < 4.78 is 7.14. The maximum Gasteiger partial charge on any atom is 0.417 e. The van der Waals surface area contributed by atoms with Crippen molar-refractivity contribution in [1.29, 1.82) is 0 Å². The zero-order valence-corrected chi connectivity index (χ0v) is 86.6. The number of aromatic amines is 1. The molecule has 0 unspecified atom stereocenters. The molecule has 0 radical (unpaired) electrons. The highest BCUT2D eigenvalue weighted by Gasteiger charge is 2.45. The number of hydrogen-bond donors (Lipinski definition) is 24. The van der Waals surface area contributed by atoms with Gasteiger partial charge in [-0.05, 0) is 184 Å². The van der Waals surface area contributed by atoms with Crippen LogP contribution < -0.4 is 131 Å². The molecule has 0 bridgehead atoms. The molecule has 1 heterocycles. The molecule has 1 aromatic heterocycles. The Kier molecular flexibility index (Phi) is 53.2. The van der Waals surface area contributed by atoms with Gasteiger partial charge in [-0.1, -0.05) is 104 Å². The van der Waals surface area contributed by atoms with Crippen LogP contribution in [0.25, 0.3) is 11.1 Å². The standard InChI is InChI=1S/C96H149N25O25S/c1-48(2)39-68(117-88(137)66(31-34-76(101)125)111-85(134)63(27-19-21-36-97)110-86(135)64(29-32-74(99)123)112-91(140)70(41-50(5)6)115-83(132)54(11)105-57(14)122)89(138)108-55(12)82(131)106-56(13)84(133)116-71(42-51(7)8)92(141)113-65(30-33-75(100)124)87(136)114-67(28-20-22-37-98)94(143)121(96(145)146-46-62-60-25-17-15-23-58(60)59-24-16-18-26-61(59)62)73(35-38-120-45-52(9)80(129)119-95(120)144)93(142)118-69(40-49(3)4)90(139)107-53(10)81(130)104-43-77(126)103-44-78(127)109-72(47-147)79(102)128/h15-18,23-26,45,48-51,53-56,62-73,147H,19-22,27-44,46-47,97-98H2,1-14H3,(H2,99,123)(H2,100,124)(H2,101,125)(H2,102,128)(H,103,126)(H,104,130)(H,105,122)(H,106,131)(H,107,139)(H,108,138)(H,109,127)(H,110,135)(H,111,134)(H,112,140)(H,113,141)(H,114,136)(H,115,132)(H,116,133)(H,117,137)(H,118,142)(H,119,129,144)/t53-,54-,55-,56-,63-,64-,65-,66-,67-,68-,69-,70-,71-,72-,73-/m0/s1. The number of H-pyrrole nitrogens is 1. The highest BCUT2D eigenvalue weighted by molar-refractivity contribution is 7.80. The Morgan fingerprint density at radius 2 is 0.735 bits per heavy atom. The number of ether oxygens (including phenoxy) is 1. The van der Waals surface area contributed by atoms with E-state index in [1.807, 2.05) is 12.1 Å². The van der Waals surface area contributed by atoms with Crippen LogP contribution in [0.5, 0.6) is 0 Å². The van der Waals surface area contributed by atoms with Gasteiger partial charge in [0.15, 0.2) is 0 Å². The van der Waals surface area contributed by atoms with Crippen molar-refractivity contribution < 1.29 is 110 Å². The molecule has 147 heavy (non-hydrogen) atoms. The number of nitrogens with two attached hydrogens (primary N) is 6. The summed E-state index contributed by atoms with van der Waals surface area (Å²) >= 11 is 3.96. The number of benzene rings is 2. The zero-order chi connectivity index (χ0) is 111. The number of carbonyl (C=O) groups excluding carboxylic acids is 22. The van der Waals surface area contributed by atoms with Crippen LogP contribution in [0.15, 0.2) is 64.3 Å². The van der Waals surface area contributed by atoms with Gasteiger partial charge in [-0.2, -0.15) is 12.6 Å². The SMILES string of the molecule is CC(=O)N[C@@H](C)C(=O)N[C@@H](CC(C)C)C(=O)N[C@@H](CCC(N)=O)C(=O)N[C@@H](CCCCN)C(=O)N[C@@H](CCC(N)=O)C(=O)N[C@@H](CC(C)C)C(=O)N[C@@H](C)C(=O)N[C@@H](C)C(=O)N[C@@H](CC(C)C)C(=O)N[C@@H](CCC(N)=O)C(=O)N[C@@H](CCCCN)C(=O)N(C(=O)OCC1c2ccccc2-c2ccccc21)[C@@H](CCn1cc(C)c(=O)[nH]c1=O)C(=O)N[C@@H](CC(C)C)C(=O)N[C@@H](C)C(=O)NCC(=O)NCC(=O)N[C@@H](CS)C(N)=O. The van der Waals surface area contributed by atoms with E-state index in [0.717, 1.165) is 21.9 Å². The average Bonchev–Trinajstić information content (AvgIpc) is 1.62. The largest absolute Gasteiger partial charge is 0.448 e. The van der Waals surface area contributed by atoms with Crippen molar-refractivity contribution in [2.45, 2.75) is 309 Å². The Bertz CT molecular complexity index is 5220. The Labute approximate surface area is 857 Å². The van der Waals surface area contributed by atoms with Crippen LogP contribution in [-0.2, 0) is 112 Å². The number of thiol groups is 1. The summed E-state index contributed by atoms with van der Waals surface area (Å²) in [7, 11) is 0. The molecule has 0 spiro atoms. The summed E-state index contributed by atoms with van der Waals surface area (Å²) in [6.45, 7) is 18.8. The third-order valence-electron chi connectivity index (χ3n) is 23.5. The first-order valence-electron chi connectivity index (χ1n) is 49.0. The van der Waals surface area contributed by atoms with Gasteiger partial charge in [-0.3, -0.25) is 110 Å². The maximum atomic E-state index is 16.2. The molecule has 1 aliphatic rings. The van der Waals surface area contributed by atoms with Gasteiger partial charge in [0.2, 0.25) is 118 Å². The van der Waals surface area contributed by atoms with Crippen molar-refractivity contribution >= 4 is 143 Å². The molecule has 0 saturated heterocycles. The number of hydrogen-bond acceptors (Lipinski definition) is 28. The highest BCUT2D eigenvalue weighted by Crippen LogP contribution is 2.45. The molecule has 0 fully saturated rings. The molecule has 814 valence electrons. The minimum absolute atomic E-state index is 0.00140. The van der Waals surface area contributed by atoms with Crippen molar-refractivity contribution in [1.82, 2.24) is 99.5 Å². The number of rotatable bonds is 65. The third-order valence-corrected chi connectivity index (χ3v) is 23.8. The molecule has 29 N–H and O–H groups in total. The quantitative estimate of drug-likeness (QED) is 0.0186. The highest BCUT2D eigenvalue weighted by atomic mass is 32.1. The normalized spacial score (nSPS) is 14.6. The summed E-state index contributed by atoms with van der Waals surface area (Å²) in [6.07, 6.45) is -4.58. The summed E-state index contributed by atoms with van der Waals surface area (Å²) in [4.78, 5) is 334. The summed E-state index contributed by atoms with van der Waals surface area (Å²) in [5.41, 5.74) is 34.9. The van der Waals surface area contributed by atoms with E-state index >= 15 is 19.2 Å². The fourth-order valence-corrected chi connectivity index (χ4v) is 15.9. The Hall–Kier alpha value is -14.3. The predicted octanol–water partition coefficient (Wildman–Crippen LogP) is -4.85. The predicted molar refractivity (Wildman–Crippen MR) is 540 cm³/mol. The molecular formula is C96H149N25O25S. The van der Waals surface area contributed by atoms with E-state index in [1.165, 1.54) is 41.5 Å². The van der Waals surface area contributed by atoms with E-state index in [4.69, 9.17) is 39.1 Å². The molecule has 0 saturated carbocycles. The molecule has 0 aliphatic heterocycles. The van der Waals surface area contributed by atoms with Crippen molar-refractivity contribution in [3.8, 4) is 11.1 Å². The van der Waals surface area contributed by atoms with Crippen molar-refractivity contribution in [3.05, 3.63) is 92.3 Å². The van der Waals surface area contributed by atoms with Crippen LogP contribution in [0.3, 0.4) is 0 Å². The second-order valence-electron chi connectivity index (χ2n) is 38.0. The second-order valence-corrected chi connectivity index (χ2v) is 38.4. The lowest BCUT2D eigenvalue weighted by atomic mass is 9.98. The van der Waals surface area contributed by atoms with Crippen LogP contribution in [-0.4, -0.2) is 274 Å². The van der Waals surface area contributed by atoms with E-state index in [9.17, 15) is 95.9 Å². The lowest BCUT2D eigenvalue weighted by Crippen LogP contribution is -2.62. The third kappa shape index (κ3) is 43.1. The minimum atomic E-state index is -2.17. The van der Waals surface area contributed by atoms with Crippen molar-refractivity contribution in [2.75, 3.05) is 38.5 Å². The number of aromatic nitrogens is 2. The number of amides is 22. The molecule has 15 atom stereocenters. The smallest absolute Gasteiger partial charge is 0.417 e. The van der Waals surface area contributed by atoms with Gasteiger partial charge in [-0.25, -0.2) is 14.5 Å².